The molecule has 0 aromatic heterocycles. The minimum atomic E-state index is -1.73. The molecule has 1 rings (SSSR count). The second-order valence-electron chi connectivity index (χ2n) is 1.76. The first-order valence-electron chi connectivity index (χ1n) is 2.87. The van der Waals surface area contributed by atoms with E-state index in [0.29, 0.717) is 5.75 Å². The van der Waals surface area contributed by atoms with E-state index >= 15 is 0 Å². The van der Waals surface area contributed by atoms with Crippen molar-refractivity contribution in [1.82, 2.24) is 0 Å². The lowest BCUT2D eigenvalue weighted by Gasteiger charge is -2.16. The molecule has 0 saturated carbocycles. The lowest BCUT2D eigenvalue weighted by molar-refractivity contribution is 0.288. The Hall–Kier alpha value is -0.995. The fourth-order valence-electron chi connectivity index (χ4n) is 0.621. The summed E-state index contributed by atoms with van der Waals surface area (Å²) < 4.78 is 4.53. The maximum absolute atomic E-state index is 8.34. The zero-order chi connectivity index (χ0) is 7.40. The van der Waals surface area contributed by atoms with Crippen molar-refractivity contribution in [3.63, 3.8) is 0 Å². The Labute approximate surface area is 59.1 Å². The Morgan fingerprint density at radius 1 is 1.10 bits per heavy atom. The van der Waals surface area contributed by atoms with Crippen LogP contribution >= 0.6 is 0 Å². The van der Waals surface area contributed by atoms with Crippen LogP contribution in [-0.4, -0.2) is 17.4 Å². The smallest absolute Gasteiger partial charge is 0.370 e. The number of hydrogen-bond acceptors (Lipinski definition) is 3. The first-order valence-corrected chi connectivity index (χ1v) is 2.87. The Morgan fingerprint density at radius 3 is 2.20 bits per heavy atom. The van der Waals surface area contributed by atoms with Gasteiger partial charge in [0.1, 0.15) is 0 Å². The summed E-state index contributed by atoms with van der Waals surface area (Å²) in [6.45, 7) is 0. The van der Waals surface area contributed by atoms with E-state index in [1.807, 2.05) is 6.07 Å². The van der Waals surface area contributed by atoms with Gasteiger partial charge in [-0.05, 0) is 12.1 Å². The van der Waals surface area contributed by atoms with Crippen molar-refractivity contribution in [2.45, 2.75) is 0 Å². The monoisotopic (exact) mass is 138 g/mol. The number of para-hydroxylation sites is 1. The summed E-state index contributed by atoms with van der Waals surface area (Å²) in [6.07, 6.45) is 0. The molecule has 2 N–H and O–H groups in total. The average Bonchev–Trinajstić information content (AvgIpc) is 1.88. The average molecular weight is 138 g/mol. The van der Waals surface area contributed by atoms with Gasteiger partial charge in [-0.1, -0.05) is 18.2 Å². The van der Waals surface area contributed by atoms with Gasteiger partial charge in [0.25, 0.3) is 0 Å². The Balaban J connectivity index is 2.59. The van der Waals surface area contributed by atoms with E-state index in [1.165, 1.54) is 0 Å². The fraction of sp³-hybridized carbons (Fsp3) is 0. The molecule has 0 saturated heterocycles. The molecule has 10 heavy (non-hydrogen) atoms. The van der Waals surface area contributed by atoms with Crippen LogP contribution in [0, 0.1) is 0 Å². The largest absolute Gasteiger partial charge is 0.690 e. The van der Waals surface area contributed by atoms with Gasteiger partial charge in [0.15, 0.2) is 0 Å². The van der Waals surface area contributed by atoms with Crippen molar-refractivity contribution >= 4 is 7.32 Å². The Morgan fingerprint density at radius 2 is 1.70 bits per heavy atom. The molecule has 3 nitrogen and oxygen atoms in total. The van der Waals surface area contributed by atoms with Crippen LogP contribution in [0.3, 0.4) is 0 Å². The van der Waals surface area contributed by atoms with Gasteiger partial charge in [-0.15, -0.1) is 0 Å². The summed E-state index contributed by atoms with van der Waals surface area (Å²) in [5, 5.41) is 16.7. The van der Waals surface area contributed by atoms with Crippen molar-refractivity contribution in [3.8, 4) is 5.75 Å². The van der Waals surface area contributed by atoms with E-state index in [9.17, 15) is 0 Å². The molecule has 0 amide bonds. The normalized spacial score (nSPS) is 9.90. The van der Waals surface area contributed by atoms with E-state index in [4.69, 9.17) is 10.0 Å². The third-order valence-electron chi connectivity index (χ3n) is 0.985. The third-order valence-corrected chi connectivity index (χ3v) is 0.985. The molecule has 53 valence electrons. The summed E-state index contributed by atoms with van der Waals surface area (Å²) in [5.41, 5.74) is 0. The zero-order valence-corrected chi connectivity index (χ0v) is 5.27. The Bertz CT molecular complexity index is 187. The van der Waals surface area contributed by atoms with Gasteiger partial charge < -0.3 is 14.7 Å². The van der Waals surface area contributed by atoms with Gasteiger partial charge in [-0.25, -0.2) is 0 Å². The van der Waals surface area contributed by atoms with Crippen LogP contribution in [0.15, 0.2) is 30.3 Å². The van der Waals surface area contributed by atoms with E-state index < -0.39 is 7.32 Å². The van der Waals surface area contributed by atoms with Gasteiger partial charge in [0, 0.05) is 0 Å². The molecular formula is C6H7BO3-. The molecule has 0 atom stereocenters. The van der Waals surface area contributed by atoms with Crippen LogP contribution in [0.1, 0.15) is 0 Å². The van der Waals surface area contributed by atoms with Gasteiger partial charge in [0.05, 0.1) is 5.75 Å². The molecule has 4 heteroatoms. The summed E-state index contributed by atoms with van der Waals surface area (Å²) in [6, 6.07) is 8.59. The molecule has 0 aliphatic rings. The second kappa shape index (κ2) is 3.24. The predicted molar refractivity (Wildman–Crippen MR) is 37.3 cm³/mol. The second-order valence-corrected chi connectivity index (χ2v) is 1.76. The highest BCUT2D eigenvalue weighted by atomic mass is 16.6. The van der Waals surface area contributed by atoms with E-state index in [-0.39, 0.29) is 0 Å². The molecule has 1 aromatic rings. The van der Waals surface area contributed by atoms with Crippen LogP contribution in [0.4, 0.5) is 0 Å². The molecule has 0 aliphatic heterocycles. The highest BCUT2D eigenvalue weighted by molar-refractivity contribution is 6.33. The molecule has 0 bridgehead atoms. The minimum Gasteiger partial charge on any atom is -0.690 e. The van der Waals surface area contributed by atoms with Crippen LogP contribution in [-0.2, 0) is 0 Å². The zero-order valence-electron chi connectivity index (χ0n) is 5.27. The first kappa shape index (κ1) is 7.12. The van der Waals surface area contributed by atoms with E-state index in [0.717, 1.165) is 0 Å². The van der Waals surface area contributed by atoms with Crippen molar-refractivity contribution in [1.29, 1.82) is 0 Å². The fourth-order valence-corrected chi connectivity index (χ4v) is 0.621. The first-order chi connectivity index (χ1) is 4.79. The van der Waals surface area contributed by atoms with Crippen molar-refractivity contribution in [2.24, 2.45) is 0 Å². The van der Waals surface area contributed by atoms with Gasteiger partial charge in [0.2, 0.25) is 0 Å². The number of hydrogen-bond donors (Lipinski definition) is 2. The maximum Gasteiger partial charge on any atom is 0.370 e. The summed E-state index contributed by atoms with van der Waals surface area (Å²) in [4.78, 5) is 0. The summed E-state index contributed by atoms with van der Waals surface area (Å²) in [7, 11) is -1.73. The van der Waals surface area contributed by atoms with Gasteiger partial charge in [-0.2, -0.15) is 0 Å². The molecule has 1 aromatic carbocycles. The highest BCUT2D eigenvalue weighted by Crippen LogP contribution is 2.07. The number of benzene rings is 1. The standard InChI is InChI=1S/C6H7BO3/c8-7(9)10-6-4-2-1-3-5-6/h1-5,8-9H/q-1. The van der Waals surface area contributed by atoms with Crippen LogP contribution in [0.25, 0.3) is 0 Å². The molecule has 0 spiro atoms. The van der Waals surface area contributed by atoms with Crippen molar-refractivity contribution in [3.05, 3.63) is 30.3 Å². The van der Waals surface area contributed by atoms with Crippen molar-refractivity contribution in [2.75, 3.05) is 0 Å². The molecule has 0 fully saturated rings. The Kier molecular flexibility index (Phi) is 2.31. The molecule has 1 radical (unpaired) electrons. The quantitative estimate of drug-likeness (QED) is 0.567. The molecule has 0 unspecified atom stereocenters. The van der Waals surface area contributed by atoms with Crippen LogP contribution < -0.4 is 4.65 Å². The van der Waals surface area contributed by atoms with Crippen LogP contribution in [0.2, 0.25) is 0 Å². The molecule has 0 heterocycles. The lowest BCUT2D eigenvalue weighted by atomic mass is 10.2. The van der Waals surface area contributed by atoms with Gasteiger partial charge >= 0.3 is 7.32 Å². The van der Waals surface area contributed by atoms with Gasteiger partial charge in [-0.3, -0.25) is 0 Å². The maximum atomic E-state index is 8.34. The lowest BCUT2D eigenvalue weighted by Crippen LogP contribution is -2.20. The SMILES string of the molecule is O[B-](O)Oc1ccccc1. The topological polar surface area (TPSA) is 49.7 Å². The molecule has 0 aliphatic carbocycles. The van der Waals surface area contributed by atoms with Crippen molar-refractivity contribution < 1.29 is 14.7 Å². The van der Waals surface area contributed by atoms with Crippen LogP contribution in [0.5, 0.6) is 5.75 Å². The minimum absolute atomic E-state index is 0.442. The summed E-state index contributed by atoms with van der Waals surface area (Å²) in [5.74, 6) is 0.442. The number of rotatable bonds is 2. The third kappa shape index (κ3) is 2.09. The highest BCUT2D eigenvalue weighted by Gasteiger charge is 1.89. The molecular weight excluding hydrogens is 131 g/mol. The predicted octanol–water partition coefficient (Wildman–Crippen LogP) is 0.0349. The van der Waals surface area contributed by atoms with E-state index in [2.05, 4.69) is 4.65 Å². The van der Waals surface area contributed by atoms with E-state index in [1.54, 1.807) is 24.3 Å². The summed E-state index contributed by atoms with van der Waals surface area (Å²) >= 11 is 0.